The summed E-state index contributed by atoms with van der Waals surface area (Å²) >= 11 is 0. The molecule has 8 nitrogen and oxygen atoms in total. The van der Waals surface area contributed by atoms with Crippen molar-refractivity contribution in [2.75, 3.05) is 6.61 Å². The number of carbonyl (C=O) groups is 2. The molecule has 0 fully saturated rings. The van der Waals surface area contributed by atoms with E-state index in [1.165, 1.54) is 7.05 Å². The fourth-order valence-corrected chi connectivity index (χ4v) is 2.88. The monoisotopic (exact) mass is 381 g/mol. The van der Waals surface area contributed by atoms with E-state index >= 15 is 0 Å². The van der Waals surface area contributed by atoms with Crippen LogP contribution in [0.5, 0.6) is 5.75 Å². The minimum absolute atomic E-state index is 0.157. The molecule has 3 rings (SSSR count). The lowest BCUT2D eigenvalue weighted by atomic mass is 10.0. The molecule has 0 saturated carbocycles. The number of aromatic hydroxyl groups is 1. The summed E-state index contributed by atoms with van der Waals surface area (Å²) in [5.41, 5.74) is 0.364. The summed E-state index contributed by atoms with van der Waals surface area (Å²) in [6.07, 6.45) is -0.408. The van der Waals surface area contributed by atoms with Crippen LogP contribution in [0.2, 0.25) is 0 Å². The molecule has 2 heterocycles. The van der Waals surface area contributed by atoms with E-state index in [-0.39, 0.29) is 36.0 Å². The molecule has 28 heavy (non-hydrogen) atoms. The van der Waals surface area contributed by atoms with E-state index in [0.29, 0.717) is 5.69 Å². The van der Waals surface area contributed by atoms with Crippen LogP contribution in [-0.4, -0.2) is 38.2 Å². The molecule has 0 unspecified atom stereocenters. The molecule has 144 valence electrons. The third kappa shape index (κ3) is 3.62. The number of ketones is 1. The van der Waals surface area contributed by atoms with Crippen molar-refractivity contribution in [1.29, 1.82) is 0 Å². The van der Waals surface area contributed by atoms with Gasteiger partial charge in [-0.3, -0.25) is 19.0 Å². The number of hydrogen-bond donors (Lipinski definition) is 1. The molecule has 0 spiro atoms. The second-order valence-corrected chi connectivity index (χ2v) is 6.15. The SMILES string of the molecule is CCOC(=O)CCC(=O)c1c(O)c2cc(-c3ccccc3)nnc2n(C)c1=O. The molecule has 0 bridgehead atoms. The molecular formula is C20H19N3O5. The molecule has 1 N–H and O–H groups in total. The van der Waals surface area contributed by atoms with Crippen molar-refractivity contribution >= 4 is 22.8 Å². The van der Waals surface area contributed by atoms with Crippen LogP contribution in [0.3, 0.4) is 0 Å². The quantitative estimate of drug-likeness (QED) is 0.515. The van der Waals surface area contributed by atoms with Crippen LogP contribution in [-0.2, 0) is 16.6 Å². The van der Waals surface area contributed by atoms with Crippen LogP contribution >= 0.6 is 0 Å². The van der Waals surface area contributed by atoms with Gasteiger partial charge in [-0.05, 0) is 13.0 Å². The summed E-state index contributed by atoms with van der Waals surface area (Å²) in [5, 5.41) is 19.0. The van der Waals surface area contributed by atoms with Crippen molar-refractivity contribution in [3.8, 4) is 17.0 Å². The highest BCUT2D eigenvalue weighted by atomic mass is 16.5. The molecule has 8 heteroatoms. The first kappa shape index (κ1) is 19.2. The van der Waals surface area contributed by atoms with Gasteiger partial charge in [0, 0.05) is 19.0 Å². The smallest absolute Gasteiger partial charge is 0.306 e. The van der Waals surface area contributed by atoms with E-state index in [9.17, 15) is 19.5 Å². The van der Waals surface area contributed by atoms with E-state index in [1.54, 1.807) is 13.0 Å². The van der Waals surface area contributed by atoms with Gasteiger partial charge in [0.1, 0.15) is 11.3 Å². The number of carbonyl (C=O) groups excluding carboxylic acids is 2. The third-order valence-electron chi connectivity index (χ3n) is 4.31. The molecule has 0 amide bonds. The summed E-state index contributed by atoms with van der Waals surface area (Å²) in [6.45, 7) is 1.87. The first-order valence-corrected chi connectivity index (χ1v) is 8.77. The molecule has 0 saturated heterocycles. The van der Waals surface area contributed by atoms with E-state index in [2.05, 4.69) is 10.2 Å². The molecular weight excluding hydrogens is 362 g/mol. The van der Waals surface area contributed by atoms with E-state index in [1.807, 2.05) is 30.3 Å². The van der Waals surface area contributed by atoms with Crippen LogP contribution in [0.1, 0.15) is 30.1 Å². The maximum Gasteiger partial charge on any atom is 0.306 e. The van der Waals surface area contributed by atoms with Crippen LogP contribution in [0.4, 0.5) is 0 Å². The average Bonchev–Trinajstić information content (AvgIpc) is 2.71. The first-order chi connectivity index (χ1) is 13.4. The fourth-order valence-electron chi connectivity index (χ4n) is 2.88. The zero-order valence-corrected chi connectivity index (χ0v) is 15.5. The van der Waals surface area contributed by atoms with Crippen LogP contribution < -0.4 is 5.56 Å². The van der Waals surface area contributed by atoms with Crippen LogP contribution in [0, 0.1) is 0 Å². The molecule has 1 aromatic carbocycles. The first-order valence-electron chi connectivity index (χ1n) is 8.77. The highest BCUT2D eigenvalue weighted by molar-refractivity contribution is 6.04. The standard InChI is InChI=1S/C20H19N3O5/c1-3-28-16(25)10-9-15(24)17-18(26)13-11-14(12-7-5-4-6-8-12)21-22-19(13)23(2)20(17)27/h4-8,11,26H,3,9-10H2,1-2H3. The Balaban J connectivity index is 2.07. The molecule has 0 radical (unpaired) electrons. The number of aryl methyl sites for hydroxylation is 1. The predicted octanol–water partition coefficient (Wildman–Crippen LogP) is 2.23. The normalized spacial score (nSPS) is 10.8. The Morgan fingerprint density at radius 1 is 1.14 bits per heavy atom. The Hall–Kier alpha value is -3.55. The van der Waals surface area contributed by atoms with E-state index in [4.69, 9.17) is 4.74 Å². The Kier molecular flexibility index (Phi) is 5.49. The van der Waals surface area contributed by atoms with Gasteiger partial charge in [0.15, 0.2) is 11.4 Å². The van der Waals surface area contributed by atoms with Gasteiger partial charge >= 0.3 is 5.97 Å². The fraction of sp³-hybridized carbons (Fsp3) is 0.250. The van der Waals surface area contributed by atoms with Gasteiger partial charge in [0.25, 0.3) is 5.56 Å². The Labute approximate surface area is 160 Å². The van der Waals surface area contributed by atoms with Crippen molar-refractivity contribution < 1.29 is 19.4 Å². The van der Waals surface area contributed by atoms with Crippen molar-refractivity contribution in [2.24, 2.45) is 7.05 Å². The maximum absolute atomic E-state index is 12.6. The molecule has 0 aliphatic heterocycles. The molecule has 0 aliphatic rings. The molecule has 0 aliphatic carbocycles. The maximum atomic E-state index is 12.6. The highest BCUT2D eigenvalue weighted by Gasteiger charge is 2.23. The molecule has 0 atom stereocenters. The average molecular weight is 381 g/mol. The number of pyridine rings is 1. The van der Waals surface area contributed by atoms with Crippen LogP contribution in [0.15, 0.2) is 41.2 Å². The molecule has 2 aromatic heterocycles. The summed E-state index contributed by atoms with van der Waals surface area (Å²) in [5.74, 6) is -1.63. The number of benzene rings is 1. The number of Topliss-reactive ketones (excluding diaryl/α,β-unsaturated/α-hetero) is 1. The lowest BCUT2D eigenvalue weighted by Crippen LogP contribution is -2.26. The third-order valence-corrected chi connectivity index (χ3v) is 4.31. The van der Waals surface area contributed by atoms with Crippen molar-refractivity contribution in [1.82, 2.24) is 14.8 Å². The number of ether oxygens (including phenoxy) is 1. The van der Waals surface area contributed by atoms with Gasteiger partial charge in [-0.15, -0.1) is 10.2 Å². The van der Waals surface area contributed by atoms with Gasteiger partial charge in [0.2, 0.25) is 0 Å². The summed E-state index contributed by atoms with van der Waals surface area (Å²) in [6, 6.07) is 10.8. The largest absolute Gasteiger partial charge is 0.506 e. The van der Waals surface area contributed by atoms with Crippen molar-refractivity contribution in [3.05, 3.63) is 52.3 Å². The van der Waals surface area contributed by atoms with E-state index < -0.39 is 23.1 Å². The lowest BCUT2D eigenvalue weighted by molar-refractivity contribution is -0.143. The summed E-state index contributed by atoms with van der Waals surface area (Å²) < 4.78 is 5.95. The topological polar surface area (TPSA) is 111 Å². The zero-order chi connectivity index (χ0) is 20.3. The number of esters is 1. The van der Waals surface area contributed by atoms with Crippen LogP contribution in [0.25, 0.3) is 22.3 Å². The highest BCUT2D eigenvalue weighted by Crippen LogP contribution is 2.28. The minimum Gasteiger partial charge on any atom is -0.506 e. The minimum atomic E-state index is -0.694. The number of rotatable bonds is 6. The number of fused-ring (bicyclic) bond motifs is 1. The van der Waals surface area contributed by atoms with Gasteiger partial charge in [-0.2, -0.15) is 0 Å². The van der Waals surface area contributed by atoms with Gasteiger partial charge in [0.05, 0.1) is 24.1 Å². The molecule has 3 aromatic rings. The summed E-state index contributed by atoms with van der Waals surface area (Å²) in [4.78, 5) is 36.6. The lowest BCUT2D eigenvalue weighted by Gasteiger charge is -2.11. The predicted molar refractivity (Wildman–Crippen MR) is 102 cm³/mol. The Bertz CT molecular complexity index is 1110. The summed E-state index contributed by atoms with van der Waals surface area (Å²) in [7, 11) is 1.45. The second kappa shape index (κ2) is 7.99. The Morgan fingerprint density at radius 2 is 1.86 bits per heavy atom. The van der Waals surface area contributed by atoms with Crippen molar-refractivity contribution in [2.45, 2.75) is 19.8 Å². The van der Waals surface area contributed by atoms with Crippen molar-refractivity contribution in [3.63, 3.8) is 0 Å². The zero-order valence-electron chi connectivity index (χ0n) is 15.5. The Morgan fingerprint density at radius 3 is 2.54 bits per heavy atom. The van der Waals surface area contributed by atoms with Gasteiger partial charge in [-0.1, -0.05) is 30.3 Å². The number of hydrogen-bond acceptors (Lipinski definition) is 7. The van der Waals surface area contributed by atoms with Gasteiger partial charge in [-0.25, -0.2) is 0 Å². The second-order valence-electron chi connectivity index (χ2n) is 6.15. The van der Waals surface area contributed by atoms with Gasteiger partial charge < -0.3 is 9.84 Å². The number of aromatic nitrogens is 3. The number of nitrogens with zero attached hydrogens (tertiary/aromatic N) is 3. The van der Waals surface area contributed by atoms with E-state index in [0.717, 1.165) is 10.1 Å².